The van der Waals surface area contributed by atoms with Crippen LogP contribution in [0.1, 0.15) is 84.1 Å². The van der Waals surface area contributed by atoms with E-state index < -0.39 is 24.5 Å². The molecule has 0 bridgehead atoms. The van der Waals surface area contributed by atoms with Crippen LogP contribution in [0.25, 0.3) is 11.3 Å². The number of alkyl halides is 3. The van der Waals surface area contributed by atoms with Crippen LogP contribution < -0.4 is 4.74 Å². The van der Waals surface area contributed by atoms with Crippen LogP contribution in [0.15, 0.2) is 36.4 Å². The maximum atomic E-state index is 13.7. The Morgan fingerprint density at radius 1 is 0.865 bits per heavy atom. The Bertz CT molecular complexity index is 905. The molecule has 0 amide bonds. The van der Waals surface area contributed by atoms with Crippen LogP contribution in [0.2, 0.25) is 0 Å². The van der Waals surface area contributed by atoms with Crippen molar-refractivity contribution in [3.05, 3.63) is 42.0 Å². The van der Waals surface area contributed by atoms with Gasteiger partial charge in [-0.15, -0.1) is 10.2 Å². The van der Waals surface area contributed by atoms with Crippen molar-refractivity contribution in [2.75, 3.05) is 6.61 Å². The summed E-state index contributed by atoms with van der Waals surface area (Å²) in [7, 11) is 0. The first-order chi connectivity index (χ1) is 17.8. The molecule has 9 heteroatoms. The molecule has 206 valence electrons. The number of hydrogen-bond acceptors (Lipinski definition) is 6. The number of nitrogens with zero attached hydrogens (tertiary/aromatic N) is 2. The Kier molecular flexibility index (Phi) is 13.4. The number of aryl methyl sites for hydroxylation is 1. The van der Waals surface area contributed by atoms with Gasteiger partial charge in [-0.25, -0.2) is 0 Å². The molecule has 0 saturated heterocycles. The van der Waals surface area contributed by atoms with Crippen molar-refractivity contribution in [2.45, 2.75) is 104 Å². The second kappa shape index (κ2) is 16.2. The molecule has 2 rings (SSSR count). The van der Waals surface area contributed by atoms with Crippen LogP contribution in [-0.4, -0.2) is 41.3 Å². The molecular weight excluding hydrogens is 485 g/mol. The highest BCUT2D eigenvalue weighted by molar-refractivity contribution is 5.69. The zero-order valence-electron chi connectivity index (χ0n) is 22.1. The third-order valence-corrected chi connectivity index (χ3v) is 5.85. The van der Waals surface area contributed by atoms with E-state index >= 15 is 0 Å². The average Bonchev–Trinajstić information content (AvgIpc) is 2.88. The van der Waals surface area contributed by atoms with Gasteiger partial charge < -0.3 is 14.2 Å². The Morgan fingerprint density at radius 3 is 2.14 bits per heavy atom. The molecule has 6 nitrogen and oxygen atoms in total. The minimum absolute atomic E-state index is 0.112. The molecule has 0 radical (unpaired) electrons. The molecule has 2 aromatic rings. The van der Waals surface area contributed by atoms with Gasteiger partial charge in [0, 0.05) is 24.7 Å². The number of unbranched alkanes of at least 4 members (excludes halogenated alkanes) is 6. The molecule has 0 aliphatic carbocycles. The molecule has 0 aliphatic heterocycles. The van der Waals surface area contributed by atoms with Crippen molar-refractivity contribution in [3.63, 3.8) is 0 Å². The quantitative estimate of drug-likeness (QED) is 0.122. The van der Waals surface area contributed by atoms with Crippen molar-refractivity contribution in [1.29, 1.82) is 0 Å². The van der Waals surface area contributed by atoms with Gasteiger partial charge in [0.15, 0.2) is 0 Å². The maximum Gasteiger partial charge on any atom is 0.422 e. The zero-order valence-corrected chi connectivity index (χ0v) is 22.1. The SMILES string of the molecule is CCCCCCCCc1ccc(-c2ccc(OC(OC(=O)CC)C(OCCCC)C(F)(F)F)nn2)cc1. The minimum atomic E-state index is -4.81. The zero-order chi connectivity index (χ0) is 27.1. The summed E-state index contributed by atoms with van der Waals surface area (Å²) in [4.78, 5) is 11.8. The number of carbonyl (C=O) groups is 1. The molecule has 0 saturated carbocycles. The second-order valence-corrected chi connectivity index (χ2v) is 8.99. The molecule has 0 N–H and O–H groups in total. The molecule has 1 heterocycles. The number of hydrogen-bond donors (Lipinski definition) is 0. The lowest BCUT2D eigenvalue weighted by Crippen LogP contribution is -2.47. The standard InChI is InChI=1S/C28H39F3N2O4/c1-4-7-9-10-11-12-13-21-14-16-22(17-15-21)23-18-19-24(33-32-23)36-27(37-25(34)6-3)26(28(29,30)31)35-20-8-5-2/h14-19,26-27H,4-13,20H2,1-3H3. The van der Waals surface area contributed by atoms with Crippen molar-refractivity contribution in [2.24, 2.45) is 0 Å². The molecule has 1 aromatic carbocycles. The molecule has 2 atom stereocenters. The van der Waals surface area contributed by atoms with Crippen LogP contribution in [-0.2, 0) is 20.7 Å². The number of esters is 1. The van der Waals surface area contributed by atoms with Crippen molar-refractivity contribution >= 4 is 5.97 Å². The fourth-order valence-corrected chi connectivity index (χ4v) is 3.65. The predicted octanol–water partition coefficient (Wildman–Crippen LogP) is 7.45. The first-order valence-electron chi connectivity index (χ1n) is 13.3. The minimum Gasteiger partial charge on any atom is -0.433 e. The molecule has 0 spiro atoms. The predicted molar refractivity (Wildman–Crippen MR) is 136 cm³/mol. The fourth-order valence-electron chi connectivity index (χ4n) is 3.65. The summed E-state index contributed by atoms with van der Waals surface area (Å²) in [5.41, 5.74) is 2.62. The topological polar surface area (TPSA) is 70.5 Å². The van der Waals surface area contributed by atoms with Gasteiger partial charge in [-0.2, -0.15) is 13.2 Å². The van der Waals surface area contributed by atoms with E-state index in [1.165, 1.54) is 50.7 Å². The Labute approximate surface area is 217 Å². The Hall–Kier alpha value is -2.68. The van der Waals surface area contributed by atoms with Crippen molar-refractivity contribution in [1.82, 2.24) is 10.2 Å². The first-order valence-corrected chi connectivity index (χ1v) is 13.3. The Balaban J connectivity index is 2.04. The van der Waals surface area contributed by atoms with E-state index in [1.54, 1.807) is 6.07 Å². The summed E-state index contributed by atoms with van der Waals surface area (Å²) in [6, 6.07) is 11.0. The number of aromatic nitrogens is 2. The van der Waals surface area contributed by atoms with Crippen LogP contribution in [0.5, 0.6) is 5.88 Å². The molecule has 37 heavy (non-hydrogen) atoms. The monoisotopic (exact) mass is 524 g/mol. The molecule has 0 aliphatic rings. The molecule has 2 unspecified atom stereocenters. The highest BCUT2D eigenvalue weighted by atomic mass is 19.4. The van der Waals surface area contributed by atoms with Gasteiger partial charge in [0.1, 0.15) is 0 Å². The summed E-state index contributed by atoms with van der Waals surface area (Å²) < 4.78 is 56.3. The van der Waals surface area contributed by atoms with Gasteiger partial charge in [-0.3, -0.25) is 4.79 Å². The summed E-state index contributed by atoms with van der Waals surface area (Å²) in [5.74, 6) is -1.05. The van der Waals surface area contributed by atoms with Crippen LogP contribution in [0.4, 0.5) is 13.2 Å². The first kappa shape index (κ1) is 30.5. The summed E-state index contributed by atoms with van der Waals surface area (Å²) in [5, 5.41) is 8.00. The van der Waals surface area contributed by atoms with Gasteiger partial charge >= 0.3 is 12.1 Å². The third-order valence-electron chi connectivity index (χ3n) is 5.85. The fraction of sp³-hybridized carbons (Fsp3) is 0.607. The van der Waals surface area contributed by atoms with Crippen LogP contribution in [0.3, 0.4) is 0 Å². The lowest BCUT2D eigenvalue weighted by Gasteiger charge is -2.28. The lowest BCUT2D eigenvalue weighted by atomic mass is 10.0. The van der Waals surface area contributed by atoms with E-state index in [1.807, 2.05) is 19.1 Å². The lowest BCUT2D eigenvalue weighted by molar-refractivity contribution is -0.280. The number of halogens is 3. The van der Waals surface area contributed by atoms with Crippen LogP contribution in [0, 0.1) is 0 Å². The van der Waals surface area contributed by atoms with Gasteiger partial charge in [-0.1, -0.05) is 83.6 Å². The molecule has 0 fully saturated rings. The van der Waals surface area contributed by atoms with E-state index in [0.717, 1.165) is 18.4 Å². The van der Waals surface area contributed by atoms with Crippen LogP contribution >= 0.6 is 0 Å². The largest absolute Gasteiger partial charge is 0.433 e. The van der Waals surface area contributed by atoms with Gasteiger partial charge in [0.2, 0.25) is 12.0 Å². The second-order valence-electron chi connectivity index (χ2n) is 8.99. The Morgan fingerprint density at radius 2 is 1.54 bits per heavy atom. The van der Waals surface area contributed by atoms with E-state index in [4.69, 9.17) is 14.2 Å². The van der Waals surface area contributed by atoms with E-state index in [-0.39, 0.29) is 18.9 Å². The maximum absolute atomic E-state index is 13.7. The van der Waals surface area contributed by atoms with Gasteiger partial charge in [0.25, 0.3) is 6.29 Å². The highest BCUT2D eigenvalue weighted by Gasteiger charge is 2.49. The summed E-state index contributed by atoms with van der Waals surface area (Å²) >= 11 is 0. The van der Waals surface area contributed by atoms with Crippen molar-refractivity contribution < 1.29 is 32.2 Å². The highest BCUT2D eigenvalue weighted by Crippen LogP contribution is 2.29. The smallest absolute Gasteiger partial charge is 0.422 e. The van der Waals surface area contributed by atoms with E-state index in [2.05, 4.69) is 29.3 Å². The normalized spacial score (nSPS) is 13.2. The van der Waals surface area contributed by atoms with Gasteiger partial charge in [-0.05, 0) is 30.9 Å². The summed E-state index contributed by atoms with van der Waals surface area (Å²) in [6.07, 6.45) is 0.153. The number of benzene rings is 1. The number of carbonyl (C=O) groups excluding carboxylic acids is 1. The van der Waals surface area contributed by atoms with Gasteiger partial charge in [0.05, 0.1) is 5.69 Å². The number of rotatable bonds is 17. The molecular formula is C28H39F3N2O4. The average molecular weight is 525 g/mol. The van der Waals surface area contributed by atoms with E-state index in [0.29, 0.717) is 18.5 Å². The van der Waals surface area contributed by atoms with E-state index in [9.17, 15) is 18.0 Å². The van der Waals surface area contributed by atoms with Crippen molar-refractivity contribution in [3.8, 4) is 17.1 Å². The number of ether oxygens (including phenoxy) is 3. The third kappa shape index (κ3) is 11.1. The summed E-state index contributed by atoms with van der Waals surface area (Å²) in [6.45, 7) is 5.37. The molecule has 1 aromatic heterocycles.